The van der Waals surface area contributed by atoms with Crippen LogP contribution in [0, 0.1) is 6.92 Å². The van der Waals surface area contributed by atoms with Crippen molar-refractivity contribution in [2.75, 3.05) is 7.11 Å². The normalized spacial score (nSPS) is 13.4. The molecule has 0 spiro atoms. The van der Waals surface area contributed by atoms with Gasteiger partial charge in [-0.3, -0.25) is 0 Å². The summed E-state index contributed by atoms with van der Waals surface area (Å²) >= 11 is 3.34. The highest BCUT2D eigenvalue weighted by molar-refractivity contribution is 9.10. The largest absolute Gasteiger partial charge is 0.495 e. The minimum Gasteiger partial charge on any atom is -0.495 e. The third kappa shape index (κ3) is 3.46. The van der Waals surface area contributed by atoms with Gasteiger partial charge in [-0.15, -0.1) is 0 Å². The number of halogens is 1. The van der Waals surface area contributed by atoms with Crippen molar-refractivity contribution in [3.63, 3.8) is 0 Å². The number of sulfonamides is 1. The fraction of sp³-hybridized carbons (Fsp3) is 0.500. The van der Waals surface area contributed by atoms with E-state index in [2.05, 4.69) is 20.7 Å². The molecule has 0 fully saturated rings. The van der Waals surface area contributed by atoms with Crippen LogP contribution in [-0.4, -0.2) is 21.6 Å². The summed E-state index contributed by atoms with van der Waals surface area (Å²) in [6.45, 7) is 5.63. The number of nitrogens with one attached hydrogen (secondary N) is 1. The van der Waals surface area contributed by atoms with Crippen LogP contribution in [-0.2, 0) is 10.0 Å². The van der Waals surface area contributed by atoms with E-state index in [0.717, 1.165) is 16.5 Å². The molecule has 1 rings (SSSR count). The number of ether oxygens (including phenoxy) is 1. The highest BCUT2D eigenvalue weighted by Gasteiger charge is 2.22. The van der Waals surface area contributed by atoms with Crippen LogP contribution in [0.3, 0.4) is 0 Å². The smallest absolute Gasteiger partial charge is 0.244 e. The van der Waals surface area contributed by atoms with Crippen molar-refractivity contribution in [2.24, 2.45) is 0 Å². The molecule has 1 N–H and O–H groups in total. The molecule has 102 valence electrons. The number of hydrogen-bond acceptors (Lipinski definition) is 3. The van der Waals surface area contributed by atoms with Gasteiger partial charge in [-0.1, -0.05) is 22.9 Å². The minimum absolute atomic E-state index is 0.111. The Morgan fingerprint density at radius 2 is 2.06 bits per heavy atom. The van der Waals surface area contributed by atoms with Crippen LogP contribution in [0.15, 0.2) is 21.5 Å². The molecular formula is C12H18BrNO3S. The van der Waals surface area contributed by atoms with E-state index in [9.17, 15) is 8.42 Å². The Balaban J connectivity index is 3.27. The summed E-state index contributed by atoms with van der Waals surface area (Å²) in [7, 11) is -2.10. The summed E-state index contributed by atoms with van der Waals surface area (Å²) in [6, 6.07) is 3.16. The first-order chi connectivity index (χ1) is 8.31. The molecule has 0 saturated carbocycles. The van der Waals surface area contributed by atoms with Gasteiger partial charge in [0.05, 0.1) is 7.11 Å². The molecule has 1 aromatic rings. The maximum absolute atomic E-state index is 12.2. The first-order valence-corrected chi connectivity index (χ1v) is 7.96. The van der Waals surface area contributed by atoms with Gasteiger partial charge in [-0.2, -0.15) is 0 Å². The average molecular weight is 336 g/mol. The second-order valence-electron chi connectivity index (χ2n) is 4.18. The van der Waals surface area contributed by atoms with Crippen LogP contribution in [0.5, 0.6) is 5.75 Å². The molecule has 0 aliphatic heterocycles. The maximum Gasteiger partial charge on any atom is 0.244 e. The molecule has 0 saturated heterocycles. The van der Waals surface area contributed by atoms with Crippen LogP contribution in [0.1, 0.15) is 25.8 Å². The fourth-order valence-electron chi connectivity index (χ4n) is 1.42. The molecule has 18 heavy (non-hydrogen) atoms. The average Bonchev–Trinajstić information content (AvgIpc) is 2.31. The van der Waals surface area contributed by atoms with Gasteiger partial charge in [0.25, 0.3) is 0 Å². The minimum atomic E-state index is -3.56. The highest BCUT2D eigenvalue weighted by atomic mass is 79.9. The topological polar surface area (TPSA) is 55.4 Å². The van der Waals surface area contributed by atoms with Gasteiger partial charge < -0.3 is 4.74 Å². The summed E-state index contributed by atoms with van der Waals surface area (Å²) in [6.07, 6.45) is 0.731. The molecule has 1 atom stereocenters. The quantitative estimate of drug-likeness (QED) is 0.900. The van der Waals surface area contributed by atoms with E-state index in [1.165, 1.54) is 7.11 Å². The first-order valence-electron chi connectivity index (χ1n) is 5.68. The predicted octanol–water partition coefficient (Wildman–Crippen LogP) is 2.84. The Labute approximate surface area is 117 Å². The van der Waals surface area contributed by atoms with Crippen LogP contribution >= 0.6 is 15.9 Å². The van der Waals surface area contributed by atoms with Crippen molar-refractivity contribution in [3.8, 4) is 5.75 Å². The SMILES string of the molecule is CCC(C)NS(=O)(=O)c1cc(Br)c(C)cc1OC. The molecule has 6 heteroatoms. The standard InChI is InChI=1S/C12H18BrNO3S/c1-5-9(3)14-18(15,16)12-7-10(13)8(2)6-11(12)17-4/h6-7,9,14H,5H2,1-4H3. The molecule has 0 aromatic heterocycles. The zero-order chi connectivity index (χ0) is 13.9. The molecule has 0 heterocycles. The van der Waals surface area contributed by atoms with Gasteiger partial charge in [0.1, 0.15) is 10.6 Å². The monoisotopic (exact) mass is 335 g/mol. The number of methoxy groups -OCH3 is 1. The number of rotatable bonds is 5. The Bertz CT molecular complexity index is 528. The lowest BCUT2D eigenvalue weighted by Gasteiger charge is -2.15. The maximum atomic E-state index is 12.2. The van der Waals surface area contributed by atoms with Crippen LogP contribution in [0.25, 0.3) is 0 Å². The lowest BCUT2D eigenvalue weighted by molar-refractivity contribution is 0.401. The van der Waals surface area contributed by atoms with E-state index >= 15 is 0 Å². The molecular weight excluding hydrogens is 318 g/mol. The molecule has 1 aromatic carbocycles. The summed E-state index contributed by atoms with van der Waals surface area (Å²) in [5.41, 5.74) is 0.925. The van der Waals surface area contributed by atoms with E-state index in [4.69, 9.17) is 4.74 Å². The molecule has 1 unspecified atom stereocenters. The summed E-state index contributed by atoms with van der Waals surface area (Å²) in [5.74, 6) is 0.353. The number of hydrogen-bond donors (Lipinski definition) is 1. The van der Waals surface area contributed by atoms with Gasteiger partial charge in [0.15, 0.2) is 0 Å². The van der Waals surface area contributed by atoms with Crippen molar-refractivity contribution in [1.82, 2.24) is 4.72 Å². The molecule has 0 bridgehead atoms. The van der Waals surface area contributed by atoms with E-state index in [1.807, 2.05) is 20.8 Å². The van der Waals surface area contributed by atoms with Crippen molar-refractivity contribution >= 4 is 26.0 Å². The first kappa shape index (κ1) is 15.5. The molecule has 0 aliphatic carbocycles. The fourth-order valence-corrected chi connectivity index (χ4v) is 3.42. The van der Waals surface area contributed by atoms with Crippen LogP contribution < -0.4 is 9.46 Å². The van der Waals surface area contributed by atoms with E-state index in [0.29, 0.717) is 5.75 Å². The van der Waals surface area contributed by atoms with Gasteiger partial charge in [-0.05, 0) is 38.0 Å². The highest BCUT2D eigenvalue weighted by Crippen LogP contribution is 2.30. The van der Waals surface area contributed by atoms with Gasteiger partial charge in [0.2, 0.25) is 10.0 Å². The Kier molecular flexibility index (Phi) is 5.19. The lowest BCUT2D eigenvalue weighted by Crippen LogP contribution is -2.32. The summed E-state index contributed by atoms with van der Waals surface area (Å²) in [5, 5.41) is 0. The predicted molar refractivity (Wildman–Crippen MR) is 75.5 cm³/mol. The van der Waals surface area contributed by atoms with E-state index in [1.54, 1.807) is 12.1 Å². The summed E-state index contributed by atoms with van der Waals surface area (Å²) in [4.78, 5) is 0.155. The Morgan fingerprint density at radius 1 is 1.44 bits per heavy atom. The lowest BCUT2D eigenvalue weighted by atomic mass is 10.2. The second-order valence-corrected chi connectivity index (χ2v) is 6.72. The van der Waals surface area contributed by atoms with Gasteiger partial charge in [0, 0.05) is 10.5 Å². The number of benzene rings is 1. The van der Waals surface area contributed by atoms with Gasteiger partial charge in [-0.25, -0.2) is 13.1 Å². The van der Waals surface area contributed by atoms with Crippen molar-refractivity contribution < 1.29 is 13.2 Å². The van der Waals surface area contributed by atoms with Crippen LogP contribution in [0.4, 0.5) is 0 Å². The zero-order valence-corrected chi connectivity index (χ0v) is 13.4. The van der Waals surface area contributed by atoms with Gasteiger partial charge >= 0.3 is 0 Å². The second kappa shape index (κ2) is 6.04. The molecule has 0 amide bonds. The van der Waals surface area contributed by atoms with Crippen molar-refractivity contribution in [2.45, 2.75) is 38.1 Å². The Hall–Kier alpha value is -0.590. The molecule has 4 nitrogen and oxygen atoms in total. The van der Waals surface area contributed by atoms with Crippen molar-refractivity contribution in [3.05, 3.63) is 22.2 Å². The van der Waals surface area contributed by atoms with E-state index < -0.39 is 10.0 Å². The summed E-state index contributed by atoms with van der Waals surface area (Å²) < 4.78 is 33.0. The third-order valence-corrected chi connectivity index (χ3v) is 5.17. The van der Waals surface area contributed by atoms with E-state index in [-0.39, 0.29) is 10.9 Å². The van der Waals surface area contributed by atoms with Crippen molar-refractivity contribution in [1.29, 1.82) is 0 Å². The molecule has 0 radical (unpaired) electrons. The molecule has 0 aliphatic rings. The zero-order valence-electron chi connectivity index (χ0n) is 11.0. The Morgan fingerprint density at radius 3 is 2.56 bits per heavy atom. The van der Waals surface area contributed by atoms with Crippen LogP contribution in [0.2, 0.25) is 0 Å². The number of aryl methyl sites for hydroxylation is 1. The third-order valence-electron chi connectivity index (χ3n) is 2.70.